The Kier molecular flexibility index (Phi) is 6.82. The van der Waals surface area contributed by atoms with Crippen molar-refractivity contribution < 1.29 is 13.2 Å². The van der Waals surface area contributed by atoms with Gasteiger partial charge in [0, 0.05) is 4.47 Å². The van der Waals surface area contributed by atoms with Crippen LogP contribution >= 0.6 is 15.9 Å². The highest BCUT2D eigenvalue weighted by Gasteiger charge is 2.15. The van der Waals surface area contributed by atoms with Crippen LogP contribution in [0, 0.1) is 0 Å². The third-order valence-electron chi connectivity index (χ3n) is 2.72. The topological polar surface area (TPSA) is 69.4 Å². The van der Waals surface area contributed by atoms with Gasteiger partial charge in [-0.05, 0) is 24.6 Å². The molecule has 0 radical (unpaired) electrons. The minimum absolute atomic E-state index is 0.0235. The third kappa shape index (κ3) is 5.93. The molecule has 0 heterocycles. The standard InChI is InChI=1S/C13H20BrNO3S/c1-2-3-4-5-6-9-18-12-8-7-11(14)10-13(12)19(15,16)17/h7-8,10H,2-6,9H2,1H3,(H2,15,16,17). The summed E-state index contributed by atoms with van der Waals surface area (Å²) in [5.74, 6) is 0.321. The van der Waals surface area contributed by atoms with Crippen LogP contribution in [0.3, 0.4) is 0 Å². The number of unbranched alkanes of at least 4 members (excludes halogenated alkanes) is 4. The van der Waals surface area contributed by atoms with E-state index >= 15 is 0 Å². The summed E-state index contributed by atoms with van der Waals surface area (Å²) in [6, 6.07) is 4.82. The molecule has 2 N–H and O–H groups in total. The molecule has 0 aromatic heterocycles. The summed E-state index contributed by atoms with van der Waals surface area (Å²) in [4.78, 5) is 0.0235. The molecule has 0 saturated heterocycles. The smallest absolute Gasteiger partial charge is 0.241 e. The minimum atomic E-state index is -3.76. The fourth-order valence-corrected chi connectivity index (χ4v) is 2.92. The SMILES string of the molecule is CCCCCCCOc1ccc(Br)cc1S(N)(=O)=O. The highest BCUT2D eigenvalue weighted by Crippen LogP contribution is 2.26. The van der Waals surface area contributed by atoms with Gasteiger partial charge in [0.25, 0.3) is 0 Å². The van der Waals surface area contributed by atoms with Crippen LogP contribution in [0.15, 0.2) is 27.6 Å². The summed E-state index contributed by atoms with van der Waals surface area (Å²) in [5, 5.41) is 5.17. The van der Waals surface area contributed by atoms with Gasteiger partial charge in [-0.25, -0.2) is 13.6 Å². The number of nitrogens with two attached hydrogens (primary N) is 1. The van der Waals surface area contributed by atoms with Crippen LogP contribution in [-0.2, 0) is 10.0 Å². The highest BCUT2D eigenvalue weighted by molar-refractivity contribution is 9.10. The van der Waals surface area contributed by atoms with Gasteiger partial charge in [-0.2, -0.15) is 0 Å². The molecule has 108 valence electrons. The number of halogens is 1. The largest absolute Gasteiger partial charge is 0.492 e. The second-order valence-corrected chi connectivity index (χ2v) is 6.84. The van der Waals surface area contributed by atoms with E-state index in [0.717, 1.165) is 12.8 Å². The average Bonchev–Trinajstić information content (AvgIpc) is 2.34. The molecule has 1 aromatic rings. The van der Waals surface area contributed by atoms with Crippen LogP contribution in [-0.4, -0.2) is 15.0 Å². The molecule has 0 aliphatic carbocycles. The maximum atomic E-state index is 11.5. The number of hydrogen-bond donors (Lipinski definition) is 1. The molecule has 0 amide bonds. The lowest BCUT2D eigenvalue weighted by Crippen LogP contribution is -2.14. The van der Waals surface area contributed by atoms with Crippen LogP contribution in [0.4, 0.5) is 0 Å². The Balaban J connectivity index is 2.59. The predicted molar refractivity (Wildman–Crippen MR) is 79.8 cm³/mol. The summed E-state index contributed by atoms with van der Waals surface area (Å²) in [6.45, 7) is 2.67. The van der Waals surface area contributed by atoms with E-state index in [0.29, 0.717) is 16.8 Å². The lowest BCUT2D eigenvalue weighted by Gasteiger charge is -2.10. The van der Waals surface area contributed by atoms with Crippen LogP contribution in [0.5, 0.6) is 5.75 Å². The summed E-state index contributed by atoms with van der Waals surface area (Å²) >= 11 is 3.22. The molecule has 0 bridgehead atoms. The fourth-order valence-electron chi connectivity index (χ4n) is 1.71. The number of hydrogen-bond acceptors (Lipinski definition) is 3. The zero-order valence-corrected chi connectivity index (χ0v) is 13.5. The van der Waals surface area contributed by atoms with Crippen LogP contribution in [0.25, 0.3) is 0 Å². The summed E-state index contributed by atoms with van der Waals surface area (Å²) < 4.78 is 29.1. The van der Waals surface area contributed by atoms with Crippen molar-refractivity contribution in [3.63, 3.8) is 0 Å². The maximum absolute atomic E-state index is 11.5. The number of rotatable bonds is 8. The molecule has 1 rings (SSSR count). The average molecular weight is 350 g/mol. The van der Waals surface area contributed by atoms with Gasteiger partial charge in [0.1, 0.15) is 10.6 Å². The third-order valence-corrected chi connectivity index (χ3v) is 4.14. The molecule has 0 spiro atoms. The quantitative estimate of drug-likeness (QED) is 0.730. The molecular formula is C13H20BrNO3S. The zero-order chi connectivity index (χ0) is 14.3. The van der Waals surface area contributed by atoms with Crippen molar-refractivity contribution in [1.29, 1.82) is 0 Å². The van der Waals surface area contributed by atoms with Crippen molar-refractivity contribution in [3.8, 4) is 5.75 Å². The predicted octanol–water partition coefficient (Wildman–Crippen LogP) is 3.45. The van der Waals surface area contributed by atoms with Gasteiger partial charge in [-0.15, -0.1) is 0 Å². The first-order chi connectivity index (χ1) is 8.95. The zero-order valence-electron chi connectivity index (χ0n) is 11.1. The summed E-state index contributed by atoms with van der Waals surface area (Å²) in [6.07, 6.45) is 5.61. The molecule has 0 aliphatic heterocycles. The Morgan fingerprint density at radius 2 is 1.89 bits per heavy atom. The van der Waals surface area contributed by atoms with E-state index in [4.69, 9.17) is 9.88 Å². The van der Waals surface area contributed by atoms with Gasteiger partial charge < -0.3 is 4.74 Å². The lowest BCUT2D eigenvalue weighted by molar-refractivity contribution is 0.297. The molecule has 1 aromatic carbocycles. The number of sulfonamides is 1. The van der Waals surface area contributed by atoms with Gasteiger partial charge in [-0.1, -0.05) is 48.5 Å². The number of ether oxygens (including phenoxy) is 1. The molecule has 0 aliphatic rings. The minimum Gasteiger partial charge on any atom is -0.492 e. The van der Waals surface area contributed by atoms with Crippen molar-refractivity contribution in [2.45, 2.75) is 43.9 Å². The molecule has 0 unspecified atom stereocenters. The van der Waals surface area contributed by atoms with Crippen molar-refractivity contribution in [2.75, 3.05) is 6.61 Å². The van der Waals surface area contributed by atoms with E-state index in [9.17, 15) is 8.42 Å². The fraction of sp³-hybridized carbons (Fsp3) is 0.538. The highest BCUT2D eigenvalue weighted by atomic mass is 79.9. The van der Waals surface area contributed by atoms with Crippen molar-refractivity contribution >= 4 is 26.0 Å². The molecular weight excluding hydrogens is 330 g/mol. The number of benzene rings is 1. The molecule has 0 fully saturated rings. The first-order valence-corrected chi connectivity index (χ1v) is 8.74. The van der Waals surface area contributed by atoms with Crippen molar-refractivity contribution in [2.24, 2.45) is 5.14 Å². The Hall–Kier alpha value is -0.590. The second-order valence-electron chi connectivity index (χ2n) is 4.40. The van der Waals surface area contributed by atoms with Gasteiger partial charge >= 0.3 is 0 Å². The Labute approximate surface area is 123 Å². The monoisotopic (exact) mass is 349 g/mol. The first kappa shape index (κ1) is 16.5. The second kappa shape index (κ2) is 7.87. The molecule has 0 atom stereocenters. The van der Waals surface area contributed by atoms with Crippen molar-refractivity contribution in [3.05, 3.63) is 22.7 Å². The molecule has 0 saturated carbocycles. The Morgan fingerprint density at radius 1 is 1.21 bits per heavy atom. The Morgan fingerprint density at radius 3 is 2.53 bits per heavy atom. The maximum Gasteiger partial charge on any atom is 0.241 e. The van der Waals surface area contributed by atoms with Crippen LogP contribution < -0.4 is 9.88 Å². The van der Waals surface area contributed by atoms with E-state index in [2.05, 4.69) is 22.9 Å². The molecule has 6 heteroatoms. The molecule has 19 heavy (non-hydrogen) atoms. The van der Waals surface area contributed by atoms with E-state index in [1.54, 1.807) is 12.1 Å². The van der Waals surface area contributed by atoms with E-state index in [1.807, 2.05) is 0 Å². The van der Waals surface area contributed by atoms with Crippen LogP contribution in [0.1, 0.15) is 39.0 Å². The summed E-state index contributed by atoms with van der Waals surface area (Å²) in [7, 11) is -3.76. The van der Waals surface area contributed by atoms with Gasteiger partial charge in [0.05, 0.1) is 6.61 Å². The van der Waals surface area contributed by atoms with Crippen LogP contribution in [0.2, 0.25) is 0 Å². The number of primary sulfonamides is 1. The van der Waals surface area contributed by atoms with Crippen molar-refractivity contribution in [1.82, 2.24) is 0 Å². The Bertz CT molecular complexity index is 503. The van der Waals surface area contributed by atoms with E-state index in [1.165, 1.54) is 25.3 Å². The lowest BCUT2D eigenvalue weighted by atomic mass is 10.2. The van der Waals surface area contributed by atoms with E-state index in [-0.39, 0.29) is 4.90 Å². The van der Waals surface area contributed by atoms with Gasteiger partial charge in [0.15, 0.2) is 0 Å². The summed E-state index contributed by atoms with van der Waals surface area (Å²) in [5.41, 5.74) is 0. The van der Waals surface area contributed by atoms with Gasteiger partial charge in [0.2, 0.25) is 10.0 Å². The van der Waals surface area contributed by atoms with Gasteiger partial charge in [-0.3, -0.25) is 0 Å². The normalized spacial score (nSPS) is 11.5. The van der Waals surface area contributed by atoms with E-state index < -0.39 is 10.0 Å². The first-order valence-electron chi connectivity index (χ1n) is 6.40. The molecule has 4 nitrogen and oxygen atoms in total.